The summed E-state index contributed by atoms with van der Waals surface area (Å²) in [5, 5.41) is 3.76. The van der Waals surface area contributed by atoms with E-state index in [0.717, 1.165) is 17.8 Å². The summed E-state index contributed by atoms with van der Waals surface area (Å²) in [5.74, 6) is 3.01. The van der Waals surface area contributed by atoms with Crippen molar-refractivity contribution in [3.05, 3.63) is 0 Å². The molecule has 0 aromatic carbocycles. The predicted octanol–water partition coefficient (Wildman–Crippen LogP) is 4.23. The smallest absolute Gasteiger partial charge is 0.00106 e. The maximum atomic E-state index is 3.76. The summed E-state index contributed by atoms with van der Waals surface area (Å²) >= 11 is 0. The van der Waals surface area contributed by atoms with Crippen LogP contribution in [0.5, 0.6) is 0 Å². The van der Waals surface area contributed by atoms with E-state index < -0.39 is 0 Å². The Bertz CT molecular complexity index is 304. The lowest BCUT2D eigenvalue weighted by Crippen LogP contribution is -2.57. The molecule has 104 valence electrons. The van der Waals surface area contributed by atoms with Crippen molar-refractivity contribution in [3.63, 3.8) is 0 Å². The lowest BCUT2D eigenvalue weighted by Gasteiger charge is -2.64. The molecule has 2 atom stereocenters. The van der Waals surface area contributed by atoms with Gasteiger partial charge in [-0.1, -0.05) is 27.7 Å². The maximum absolute atomic E-state index is 3.76. The van der Waals surface area contributed by atoms with Crippen LogP contribution in [0.2, 0.25) is 0 Å². The fourth-order valence-electron chi connectivity index (χ4n) is 5.83. The fourth-order valence-corrected chi connectivity index (χ4v) is 5.83. The van der Waals surface area contributed by atoms with Gasteiger partial charge in [-0.25, -0.2) is 0 Å². The molecule has 4 bridgehead atoms. The zero-order valence-corrected chi connectivity index (χ0v) is 12.8. The highest BCUT2D eigenvalue weighted by Gasteiger charge is 2.58. The van der Waals surface area contributed by atoms with E-state index in [1.165, 1.54) is 25.8 Å². The first kappa shape index (κ1) is 13.0. The van der Waals surface area contributed by atoms with E-state index >= 15 is 0 Å². The molecule has 2 unspecified atom stereocenters. The van der Waals surface area contributed by atoms with E-state index in [9.17, 15) is 0 Å². The molecule has 0 aliphatic heterocycles. The average molecular weight is 249 g/mol. The largest absolute Gasteiger partial charge is 0.314 e. The summed E-state index contributed by atoms with van der Waals surface area (Å²) < 4.78 is 0. The number of hydrogen-bond acceptors (Lipinski definition) is 1. The van der Waals surface area contributed by atoms with E-state index in [1.807, 2.05) is 0 Å². The number of hydrogen-bond donors (Lipinski definition) is 1. The Morgan fingerprint density at radius 1 is 1.00 bits per heavy atom. The third-order valence-electron chi connectivity index (χ3n) is 6.34. The molecule has 0 radical (unpaired) electrons. The Hall–Kier alpha value is -0.0400. The van der Waals surface area contributed by atoms with Crippen LogP contribution in [0.25, 0.3) is 0 Å². The zero-order chi connectivity index (χ0) is 13.0. The van der Waals surface area contributed by atoms with Gasteiger partial charge in [-0.15, -0.1) is 0 Å². The summed E-state index contributed by atoms with van der Waals surface area (Å²) in [4.78, 5) is 0. The standard InChI is InChI=1S/C17H31N/c1-12(2)17-8-14-5-15(9-17)7-16(6-14,10-17)11-18-13(3)4/h12-15,18H,5-11H2,1-4H3. The molecule has 0 spiro atoms. The van der Waals surface area contributed by atoms with E-state index in [4.69, 9.17) is 0 Å². The van der Waals surface area contributed by atoms with Crippen molar-refractivity contribution in [3.8, 4) is 0 Å². The molecular weight excluding hydrogens is 218 g/mol. The summed E-state index contributed by atoms with van der Waals surface area (Å²) in [6, 6.07) is 0.646. The highest BCUT2D eigenvalue weighted by Crippen LogP contribution is 2.67. The summed E-state index contributed by atoms with van der Waals surface area (Å²) in [6.07, 6.45) is 9.22. The van der Waals surface area contributed by atoms with Crippen LogP contribution in [-0.2, 0) is 0 Å². The first-order valence-electron chi connectivity index (χ1n) is 8.16. The molecule has 4 aliphatic carbocycles. The first-order valence-corrected chi connectivity index (χ1v) is 8.16. The van der Waals surface area contributed by atoms with Gasteiger partial charge in [-0.3, -0.25) is 0 Å². The van der Waals surface area contributed by atoms with Gasteiger partial charge in [0.25, 0.3) is 0 Å². The molecule has 1 heteroatoms. The van der Waals surface area contributed by atoms with E-state index in [1.54, 1.807) is 19.3 Å². The molecule has 18 heavy (non-hydrogen) atoms. The topological polar surface area (TPSA) is 12.0 Å². The highest BCUT2D eigenvalue weighted by molar-refractivity contribution is 5.09. The monoisotopic (exact) mass is 249 g/mol. The quantitative estimate of drug-likeness (QED) is 0.786. The van der Waals surface area contributed by atoms with Crippen LogP contribution < -0.4 is 5.32 Å². The Morgan fingerprint density at radius 2 is 1.61 bits per heavy atom. The molecule has 4 aliphatic rings. The second-order valence-corrected chi connectivity index (χ2v) is 8.51. The first-order chi connectivity index (χ1) is 8.43. The van der Waals surface area contributed by atoms with Gasteiger partial charge in [-0.05, 0) is 67.1 Å². The van der Waals surface area contributed by atoms with Gasteiger partial charge < -0.3 is 5.32 Å². The number of rotatable bonds is 4. The molecule has 0 heterocycles. The van der Waals surface area contributed by atoms with E-state index in [2.05, 4.69) is 33.0 Å². The summed E-state index contributed by atoms with van der Waals surface area (Å²) in [6.45, 7) is 10.8. The van der Waals surface area contributed by atoms with Crippen LogP contribution in [0.15, 0.2) is 0 Å². The second-order valence-electron chi connectivity index (χ2n) is 8.51. The lowest BCUT2D eigenvalue weighted by atomic mass is 9.42. The van der Waals surface area contributed by atoms with Gasteiger partial charge in [0.1, 0.15) is 0 Å². The zero-order valence-electron chi connectivity index (χ0n) is 12.8. The van der Waals surface area contributed by atoms with E-state index in [0.29, 0.717) is 16.9 Å². The molecule has 1 nitrogen and oxygen atoms in total. The van der Waals surface area contributed by atoms with Crippen LogP contribution >= 0.6 is 0 Å². The summed E-state index contributed by atoms with van der Waals surface area (Å²) in [7, 11) is 0. The maximum Gasteiger partial charge on any atom is 0.00106 e. The molecule has 0 aromatic heterocycles. The SMILES string of the molecule is CC(C)NCC12CC3CC(C1)CC(C(C)C)(C3)C2. The molecule has 0 amide bonds. The minimum absolute atomic E-state index is 0.646. The normalized spacial score (nSPS) is 46.3. The van der Waals surface area contributed by atoms with Crippen LogP contribution in [0.3, 0.4) is 0 Å². The van der Waals surface area contributed by atoms with Crippen LogP contribution in [0.1, 0.15) is 66.2 Å². The Labute approximate surface area is 113 Å². The third-order valence-corrected chi connectivity index (χ3v) is 6.34. The second kappa shape index (κ2) is 4.23. The van der Waals surface area contributed by atoms with Crippen molar-refractivity contribution in [1.29, 1.82) is 0 Å². The van der Waals surface area contributed by atoms with Gasteiger partial charge in [0.15, 0.2) is 0 Å². The van der Waals surface area contributed by atoms with Gasteiger partial charge in [-0.2, -0.15) is 0 Å². The minimum atomic E-state index is 0.646. The predicted molar refractivity (Wildman–Crippen MR) is 77.5 cm³/mol. The number of nitrogens with one attached hydrogen (secondary N) is 1. The van der Waals surface area contributed by atoms with Gasteiger partial charge >= 0.3 is 0 Å². The highest BCUT2D eigenvalue weighted by atomic mass is 14.9. The Kier molecular flexibility index (Phi) is 3.05. The van der Waals surface area contributed by atoms with Crippen LogP contribution in [0, 0.1) is 28.6 Å². The van der Waals surface area contributed by atoms with Crippen molar-refractivity contribution < 1.29 is 0 Å². The van der Waals surface area contributed by atoms with Crippen molar-refractivity contribution in [2.45, 2.75) is 72.3 Å². The van der Waals surface area contributed by atoms with Crippen molar-refractivity contribution >= 4 is 0 Å². The fraction of sp³-hybridized carbons (Fsp3) is 1.00. The van der Waals surface area contributed by atoms with Crippen LogP contribution in [-0.4, -0.2) is 12.6 Å². The van der Waals surface area contributed by atoms with Crippen LogP contribution in [0.4, 0.5) is 0 Å². The lowest BCUT2D eigenvalue weighted by molar-refractivity contribution is -0.129. The van der Waals surface area contributed by atoms with Gasteiger partial charge in [0, 0.05) is 12.6 Å². The molecule has 0 saturated heterocycles. The average Bonchev–Trinajstić information content (AvgIpc) is 2.24. The minimum Gasteiger partial charge on any atom is -0.314 e. The molecule has 4 fully saturated rings. The molecule has 1 N–H and O–H groups in total. The molecular formula is C17H31N. The molecule has 0 aromatic rings. The molecule has 4 rings (SSSR count). The Balaban J connectivity index is 1.80. The van der Waals surface area contributed by atoms with Crippen molar-refractivity contribution in [2.75, 3.05) is 6.54 Å². The summed E-state index contributed by atoms with van der Waals surface area (Å²) in [5.41, 5.74) is 1.38. The van der Waals surface area contributed by atoms with Gasteiger partial charge in [0.2, 0.25) is 0 Å². The van der Waals surface area contributed by atoms with Crippen molar-refractivity contribution in [2.24, 2.45) is 28.6 Å². The third kappa shape index (κ3) is 2.03. The molecule has 4 saturated carbocycles. The van der Waals surface area contributed by atoms with Gasteiger partial charge in [0.05, 0.1) is 0 Å². The Morgan fingerprint density at radius 3 is 2.11 bits per heavy atom. The van der Waals surface area contributed by atoms with E-state index in [-0.39, 0.29) is 0 Å². The van der Waals surface area contributed by atoms with Crippen molar-refractivity contribution in [1.82, 2.24) is 5.32 Å².